The van der Waals surface area contributed by atoms with Crippen LogP contribution in [0.5, 0.6) is 5.75 Å². The number of ether oxygens (including phenoxy) is 2. The van der Waals surface area contributed by atoms with Gasteiger partial charge in [-0.05, 0) is 55.9 Å². The number of carbonyl (C=O) groups excluding carboxylic acids is 2. The van der Waals surface area contributed by atoms with Crippen LogP contribution in [0, 0.1) is 0 Å². The molecule has 3 N–H and O–H groups in total. The summed E-state index contributed by atoms with van der Waals surface area (Å²) in [6.07, 6.45) is 1.17. The van der Waals surface area contributed by atoms with Crippen molar-refractivity contribution in [1.29, 1.82) is 0 Å². The molecule has 0 unspecified atom stereocenters. The molecule has 9 heteroatoms. The molecule has 2 aromatic carbocycles. The molecule has 2 amide bonds. The zero-order chi connectivity index (χ0) is 22.6. The first kappa shape index (κ1) is 24.6. The number of anilines is 2. The van der Waals surface area contributed by atoms with Crippen molar-refractivity contribution in [2.75, 3.05) is 30.5 Å². The number of hydrogen-bond acceptors (Lipinski definition) is 5. The van der Waals surface area contributed by atoms with Crippen molar-refractivity contribution in [3.63, 3.8) is 0 Å². The van der Waals surface area contributed by atoms with Crippen molar-refractivity contribution >= 4 is 52.1 Å². The van der Waals surface area contributed by atoms with Gasteiger partial charge in [-0.25, -0.2) is 0 Å². The van der Waals surface area contributed by atoms with Gasteiger partial charge < -0.3 is 20.1 Å². The van der Waals surface area contributed by atoms with E-state index < -0.39 is 5.91 Å². The quantitative estimate of drug-likeness (QED) is 0.352. The molecule has 0 radical (unpaired) electrons. The van der Waals surface area contributed by atoms with Gasteiger partial charge in [-0.1, -0.05) is 30.7 Å². The number of para-hydroxylation sites is 1. The lowest BCUT2D eigenvalue weighted by Gasteiger charge is -2.14. The SMILES string of the molecule is CCCC(=O)Nc1ccc(Cl)c(NC(=S)NC(=O)c2ccccc2OCCOCC)c1. The molecule has 0 aromatic heterocycles. The van der Waals surface area contributed by atoms with Gasteiger partial charge in [-0.3, -0.25) is 14.9 Å². The molecule has 0 saturated carbocycles. The molecule has 166 valence electrons. The predicted octanol–water partition coefficient (Wildman–Crippen LogP) is 4.62. The zero-order valence-corrected chi connectivity index (χ0v) is 19.1. The van der Waals surface area contributed by atoms with Crippen LogP contribution in [-0.2, 0) is 9.53 Å². The highest BCUT2D eigenvalue weighted by Crippen LogP contribution is 2.26. The van der Waals surface area contributed by atoms with Crippen molar-refractivity contribution in [3.8, 4) is 5.75 Å². The molecule has 0 spiro atoms. The van der Waals surface area contributed by atoms with Crippen molar-refractivity contribution in [1.82, 2.24) is 5.32 Å². The maximum Gasteiger partial charge on any atom is 0.261 e. The first-order valence-corrected chi connectivity index (χ1v) is 10.7. The molecule has 31 heavy (non-hydrogen) atoms. The molecular weight excluding hydrogens is 438 g/mol. The fraction of sp³-hybridized carbons (Fsp3) is 0.318. The average Bonchev–Trinajstić information content (AvgIpc) is 2.74. The van der Waals surface area contributed by atoms with Gasteiger partial charge in [-0.15, -0.1) is 0 Å². The molecule has 0 fully saturated rings. The van der Waals surface area contributed by atoms with Crippen LogP contribution in [0.1, 0.15) is 37.0 Å². The predicted molar refractivity (Wildman–Crippen MR) is 127 cm³/mol. The highest BCUT2D eigenvalue weighted by Gasteiger charge is 2.14. The molecule has 0 aliphatic carbocycles. The molecule has 0 aliphatic heterocycles. The molecule has 0 saturated heterocycles. The molecule has 0 bridgehead atoms. The molecule has 0 atom stereocenters. The summed E-state index contributed by atoms with van der Waals surface area (Å²) in [4.78, 5) is 24.5. The normalized spacial score (nSPS) is 10.3. The number of halogens is 1. The Labute approximate surface area is 192 Å². The second-order valence-electron chi connectivity index (χ2n) is 6.44. The molecule has 0 aliphatic rings. The second kappa shape index (κ2) is 12.9. The number of rotatable bonds is 10. The fourth-order valence-corrected chi connectivity index (χ4v) is 2.98. The standard InChI is InChI=1S/C22H26ClN3O4S/c1-3-7-20(27)24-15-10-11-17(23)18(14-15)25-22(31)26-21(28)16-8-5-6-9-19(16)30-13-12-29-4-2/h5-6,8-11,14H,3-4,7,12-13H2,1-2H3,(H,24,27)(H2,25,26,28,31). The van der Waals surface area contributed by atoms with Crippen LogP contribution in [0.25, 0.3) is 0 Å². The Kier molecular flexibility index (Phi) is 10.2. The van der Waals surface area contributed by atoms with Crippen LogP contribution in [-0.4, -0.2) is 36.7 Å². The van der Waals surface area contributed by atoms with Gasteiger partial charge in [0.15, 0.2) is 5.11 Å². The first-order valence-electron chi connectivity index (χ1n) is 9.95. The first-order chi connectivity index (χ1) is 14.9. The van der Waals surface area contributed by atoms with Gasteiger partial charge in [0, 0.05) is 18.7 Å². The van der Waals surface area contributed by atoms with E-state index in [0.717, 1.165) is 6.42 Å². The van der Waals surface area contributed by atoms with Gasteiger partial charge in [0.1, 0.15) is 12.4 Å². The Bertz CT molecular complexity index is 923. The summed E-state index contributed by atoms with van der Waals surface area (Å²) in [6.45, 7) is 5.18. The third-order valence-corrected chi connectivity index (χ3v) is 4.56. The molecule has 2 rings (SSSR count). The van der Waals surface area contributed by atoms with E-state index in [1.165, 1.54) is 0 Å². The van der Waals surface area contributed by atoms with Gasteiger partial charge in [0.2, 0.25) is 5.91 Å². The topological polar surface area (TPSA) is 88.7 Å². The van der Waals surface area contributed by atoms with Crippen molar-refractivity contribution in [2.24, 2.45) is 0 Å². The number of hydrogen-bond donors (Lipinski definition) is 3. The summed E-state index contributed by atoms with van der Waals surface area (Å²) in [5, 5.41) is 8.76. The van der Waals surface area contributed by atoms with Crippen molar-refractivity contribution in [2.45, 2.75) is 26.7 Å². The summed E-state index contributed by atoms with van der Waals surface area (Å²) in [5.74, 6) is -0.0817. The van der Waals surface area contributed by atoms with E-state index in [9.17, 15) is 9.59 Å². The number of nitrogens with one attached hydrogen (secondary N) is 3. The van der Waals surface area contributed by atoms with Crippen molar-refractivity contribution in [3.05, 3.63) is 53.1 Å². The van der Waals surface area contributed by atoms with Crippen LogP contribution < -0.4 is 20.7 Å². The average molecular weight is 464 g/mol. The van der Waals surface area contributed by atoms with Crippen LogP contribution in [0.15, 0.2) is 42.5 Å². The maximum atomic E-state index is 12.7. The number of benzene rings is 2. The monoisotopic (exact) mass is 463 g/mol. The van der Waals surface area contributed by atoms with Gasteiger partial charge in [0.25, 0.3) is 5.91 Å². The third-order valence-electron chi connectivity index (χ3n) is 4.02. The Balaban J connectivity index is 2.01. The van der Waals surface area contributed by atoms with Gasteiger partial charge >= 0.3 is 0 Å². The van der Waals surface area contributed by atoms with Crippen LogP contribution in [0.4, 0.5) is 11.4 Å². The van der Waals surface area contributed by atoms with E-state index in [-0.39, 0.29) is 11.0 Å². The number of thiocarbonyl (C=S) groups is 1. The lowest BCUT2D eigenvalue weighted by molar-refractivity contribution is -0.116. The van der Waals surface area contributed by atoms with E-state index >= 15 is 0 Å². The minimum absolute atomic E-state index is 0.0630. The van der Waals surface area contributed by atoms with Crippen LogP contribution >= 0.6 is 23.8 Å². The summed E-state index contributed by atoms with van der Waals surface area (Å²) in [6, 6.07) is 11.8. The smallest absolute Gasteiger partial charge is 0.261 e. The lowest BCUT2D eigenvalue weighted by Crippen LogP contribution is -2.34. The van der Waals surface area contributed by atoms with Crippen LogP contribution in [0.2, 0.25) is 5.02 Å². The fourth-order valence-electron chi connectivity index (χ4n) is 2.61. The van der Waals surface area contributed by atoms with E-state index in [0.29, 0.717) is 54.0 Å². The number of amides is 2. The number of carbonyl (C=O) groups is 2. The van der Waals surface area contributed by atoms with E-state index in [2.05, 4.69) is 16.0 Å². The summed E-state index contributed by atoms with van der Waals surface area (Å²) < 4.78 is 10.9. The maximum absolute atomic E-state index is 12.7. The third kappa shape index (κ3) is 8.16. The highest BCUT2D eigenvalue weighted by atomic mass is 35.5. The Morgan fingerprint density at radius 3 is 2.58 bits per heavy atom. The Hall–Kier alpha value is -2.68. The van der Waals surface area contributed by atoms with Gasteiger partial charge in [0.05, 0.1) is 22.9 Å². The summed E-state index contributed by atoms with van der Waals surface area (Å²) >= 11 is 11.5. The van der Waals surface area contributed by atoms with Gasteiger partial charge in [-0.2, -0.15) is 0 Å². The minimum atomic E-state index is -0.423. The summed E-state index contributed by atoms with van der Waals surface area (Å²) in [7, 11) is 0. The van der Waals surface area contributed by atoms with E-state index in [1.54, 1.807) is 42.5 Å². The lowest BCUT2D eigenvalue weighted by atomic mass is 10.2. The highest BCUT2D eigenvalue weighted by molar-refractivity contribution is 7.80. The largest absolute Gasteiger partial charge is 0.490 e. The Morgan fingerprint density at radius 1 is 1.06 bits per heavy atom. The zero-order valence-electron chi connectivity index (χ0n) is 17.5. The Morgan fingerprint density at radius 2 is 1.84 bits per heavy atom. The minimum Gasteiger partial charge on any atom is -0.490 e. The molecule has 0 heterocycles. The molecule has 7 nitrogen and oxygen atoms in total. The second-order valence-corrected chi connectivity index (χ2v) is 7.26. The van der Waals surface area contributed by atoms with Crippen molar-refractivity contribution < 1.29 is 19.1 Å². The molecular formula is C22H26ClN3O4S. The molecule has 2 aromatic rings. The summed E-state index contributed by atoms with van der Waals surface area (Å²) in [5.41, 5.74) is 1.38. The van der Waals surface area contributed by atoms with Crippen LogP contribution in [0.3, 0.4) is 0 Å². The van der Waals surface area contributed by atoms with E-state index in [1.807, 2.05) is 13.8 Å². The van der Waals surface area contributed by atoms with E-state index in [4.69, 9.17) is 33.3 Å².